The number of para-hydroxylation sites is 1. The highest BCUT2D eigenvalue weighted by Gasteiger charge is 2.18. The van der Waals surface area contributed by atoms with Gasteiger partial charge in [-0.05, 0) is 18.2 Å². The van der Waals surface area contributed by atoms with E-state index >= 15 is 0 Å². The minimum absolute atomic E-state index is 0.233. The van der Waals surface area contributed by atoms with Crippen molar-refractivity contribution in [1.82, 2.24) is 9.55 Å². The van der Waals surface area contributed by atoms with Gasteiger partial charge in [-0.25, -0.2) is 9.78 Å². The molecule has 0 fully saturated rings. The summed E-state index contributed by atoms with van der Waals surface area (Å²) in [6.45, 7) is 0. The number of ether oxygens (including phenoxy) is 1. The number of nitrogens with zero attached hydrogens (tertiary/aromatic N) is 2. The minimum Gasteiger partial charge on any atom is -0.463 e. The monoisotopic (exact) mass is 390 g/mol. The molecule has 0 saturated carbocycles. The summed E-state index contributed by atoms with van der Waals surface area (Å²) in [7, 11) is 1.34. The largest absolute Gasteiger partial charge is 0.463 e. The Kier molecular flexibility index (Phi) is 5.30. The predicted octanol–water partition coefficient (Wildman–Crippen LogP) is 5.21. The highest BCUT2D eigenvalue weighted by molar-refractivity contribution is 7.98. The number of benzene rings is 2. The van der Waals surface area contributed by atoms with Crippen LogP contribution in [-0.2, 0) is 10.5 Å². The maximum atomic E-state index is 11.8. The molecule has 0 radical (unpaired) electrons. The minimum atomic E-state index is -0.475. The standard InChI is InChI=1S/C22H18N2O3S/c1-26-21(25)20-17(12-13-27-20)15-28-22-23-14-19(16-8-4-2-5-9-16)24(22)18-10-6-3-7-11-18/h2-14H,15H2,1H3. The molecule has 2 heterocycles. The van der Waals surface area contributed by atoms with E-state index in [4.69, 9.17) is 9.15 Å². The molecule has 2 aromatic carbocycles. The summed E-state index contributed by atoms with van der Waals surface area (Å²) in [6, 6.07) is 22.0. The van der Waals surface area contributed by atoms with Crippen LogP contribution in [0.25, 0.3) is 16.9 Å². The lowest BCUT2D eigenvalue weighted by atomic mass is 10.1. The van der Waals surface area contributed by atoms with Crippen LogP contribution < -0.4 is 0 Å². The van der Waals surface area contributed by atoms with Gasteiger partial charge < -0.3 is 9.15 Å². The first kappa shape index (κ1) is 18.1. The fourth-order valence-electron chi connectivity index (χ4n) is 2.94. The molecule has 0 spiro atoms. The lowest BCUT2D eigenvalue weighted by Crippen LogP contribution is -2.03. The Hall–Kier alpha value is -3.25. The van der Waals surface area contributed by atoms with E-state index in [0.717, 1.165) is 27.7 Å². The Labute approximate surface area is 167 Å². The number of carbonyl (C=O) groups excluding carboxylic acids is 1. The topological polar surface area (TPSA) is 57.3 Å². The van der Waals surface area contributed by atoms with Gasteiger partial charge in [0.2, 0.25) is 5.76 Å². The van der Waals surface area contributed by atoms with Gasteiger partial charge in [0.15, 0.2) is 5.16 Å². The van der Waals surface area contributed by atoms with Crippen LogP contribution in [0.5, 0.6) is 0 Å². The van der Waals surface area contributed by atoms with Crippen LogP contribution in [0.2, 0.25) is 0 Å². The molecule has 0 unspecified atom stereocenters. The summed E-state index contributed by atoms with van der Waals surface area (Å²) in [5, 5.41) is 0.835. The highest BCUT2D eigenvalue weighted by atomic mass is 32.2. The van der Waals surface area contributed by atoms with Gasteiger partial charge in [0.05, 0.1) is 25.3 Å². The zero-order chi connectivity index (χ0) is 19.3. The Balaban J connectivity index is 1.69. The summed E-state index contributed by atoms with van der Waals surface area (Å²) >= 11 is 1.54. The van der Waals surface area contributed by atoms with Crippen molar-refractivity contribution in [2.45, 2.75) is 10.9 Å². The maximum Gasteiger partial charge on any atom is 0.374 e. The highest BCUT2D eigenvalue weighted by Crippen LogP contribution is 2.32. The predicted molar refractivity (Wildman–Crippen MR) is 109 cm³/mol. The summed E-state index contributed by atoms with van der Waals surface area (Å²) in [5.74, 6) is 0.298. The molecular weight excluding hydrogens is 372 g/mol. The molecule has 0 amide bonds. The summed E-state index contributed by atoms with van der Waals surface area (Å²) in [4.78, 5) is 16.5. The van der Waals surface area contributed by atoms with Crippen LogP contribution in [0.1, 0.15) is 16.1 Å². The second-order valence-electron chi connectivity index (χ2n) is 6.02. The molecule has 0 N–H and O–H groups in total. The van der Waals surface area contributed by atoms with Crippen LogP contribution in [0.3, 0.4) is 0 Å². The molecule has 2 aromatic heterocycles. The van der Waals surface area contributed by atoms with Crippen molar-refractivity contribution >= 4 is 17.7 Å². The SMILES string of the molecule is COC(=O)c1occc1CSc1ncc(-c2ccccc2)n1-c1ccccc1. The molecule has 4 rings (SSSR count). The summed E-state index contributed by atoms with van der Waals surface area (Å²) < 4.78 is 12.2. The van der Waals surface area contributed by atoms with Crippen molar-refractivity contribution in [3.05, 3.63) is 90.5 Å². The number of hydrogen-bond acceptors (Lipinski definition) is 5. The van der Waals surface area contributed by atoms with Crippen LogP contribution in [0.15, 0.2) is 88.8 Å². The van der Waals surface area contributed by atoms with E-state index in [-0.39, 0.29) is 5.76 Å². The first-order chi connectivity index (χ1) is 13.8. The average Bonchev–Trinajstić information content (AvgIpc) is 3.40. The molecule has 0 bridgehead atoms. The third-order valence-corrected chi connectivity index (χ3v) is 5.29. The van der Waals surface area contributed by atoms with E-state index in [1.807, 2.05) is 42.6 Å². The third kappa shape index (κ3) is 3.59. The molecule has 0 saturated heterocycles. The van der Waals surface area contributed by atoms with Crippen LogP contribution in [-0.4, -0.2) is 22.6 Å². The maximum absolute atomic E-state index is 11.8. The lowest BCUT2D eigenvalue weighted by molar-refractivity contribution is 0.0564. The Bertz CT molecular complexity index is 1070. The molecule has 0 aliphatic carbocycles. The van der Waals surface area contributed by atoms with Crippen molar-refractivity contribution < 1.29 is 13.9 Å². The first-order valence-electron chi connectivity index (χ1n) is 8.74. The second kappa shape index (κ2) is 8.19. The van der Waals surface area contributed by atoms with Crippen LogP contribution >= 0.6 is 11.8 Å². The van der Waals surface area contributed by atoms with E-state index in [0.29, 0.717) is 5.75 Å². The normalized spacial score (nSPS) is 10.8. The van der Waals surface area contributed by atoms with Gasteiger partial charge >= 0.3 is 5.97 Å². The number of furan rings is 1. The number of imidazole rings is 1. The zero-order valence-electron chi connectivity index (χ0n) is 15.2. The molecule has 28 heavy (non-hydrogen) atoms. The van der Waals surface area contributed by atoms with Crippen molar-refractivity contribution in [2.24, 2.45) is 0 Å². The quantitative estimate of drug-likeness (QED) is 0.334. The molecule has 5 nitrogen and oxygen atoms in total. The van der Waals surface area contributed by atoms with Crippen molar-refractivity contribution in [2.75, 3.05) is 7.11 Å². The lowest BCUT2D eigenvalue weighted by Gasteiger charge is -2.12. The van der Waals surface area contributed by atoms with Crippen LogP contribution in [0.4, 0.5) is 0 Å². The Morgan fingerprint density at radius 2 is 1.79 bits per heavy atom. The van der Waals surface area contributed by atoms with E-state index < -0.39 is 5.97 Å². The van der Waals surface area contributed by atoms with E-state index in [1.54, 1.807) is 17.8 Å². The summed E-state index contributed by atoms with van der Waals surface area (Å²) in [6.07, 6.45) is 3.38. The Morgan fingerprint density at radius 1 is 1.07 bits per heavy atom. The van der Waals surface area contributed by atoms with Crippen LogP contribution in [0, 0.1) is 0 Å². The molecule has 4 aromatic rings. The molecular formula is C22H18N2O3S. The zero-order valence-corrected chi connectivity index (χ0v) is 16.1. The van der Waals surface area contributed by atoms with Crippen molar-refractivity contribution in [3.63, 3.8) is 0 Å². The number of methoxy groups -OCH3 is 1. The Morgan fingerprint density at radius 3 is 2.50 bits per heavy atom. The fraction of sp³-hybridized carbons (Fsp3) is 0.0909. The molecule has 0 aliphatic heterocycles. The van der Waals surface area contributed by atoms with Gasteiger partial charge in [0.1, 0.15) is 0 Å². The van der Waals surface area contributed by atoms with E-state index in [2.05, 4.69) is 33.8 Å². The van der Waals surface area contributed by atoms with Gasteiger partial charge in [0, 0.05) is 22.6 Å². The third-order valence-electron chi connectivity index (χ3n) is 4.29. The number of aromatic nitrogens is 2. The van der Waals surface area contributed by atoms with Gasteiger partial charge in [-0.15, -0.1) is 0 Å². The number of carbonyl (C=O) groups is 1. The smallest absolute Gasteiger partial charge is 0.374 e. The van der Waals surface area contributed by atoms with E-state index in [1.165, 1.54) is 13.4 Å². The molecule has 6 heteroatoms. The number of thioether (sulfide) groups is 1. The fourth-order valence-corrected chi connectivity index (χ4v) is 3.91. The average molecular weight is 390 g/mol. The molecule has 0 aliphatic rings. The number of hydrogen-bond donors (Lipinski definition) is 0. The van der Waals surface area contributed by atoms with Crippen molar-refractivity contribution in [3.8, 4) is 16.9 Å². The number of rotatable bonds is 6. The van der Waals surface area contributed by atoms with Gasteiger partial charge in [-0.2, -0.15) is 0 Å². The summed E-state index contributed by atoms with van der Waals surface area (Å²) in [5.41, 5.74) is 3.90. The molecule has 140 valence electrons. The first-order valence-corrected chi connectivity index (χ1v) is 9.72. The van der Waals surface area contributed by atoms with Gasteiger partial charge in [-0.1, -0.05) is 60.3 Å². The second-order valence-corrected chi connectivity index (χ2v) is 6.96. The molecule has 0 atom stereocenters. The van der Waals surface area contributed by atoms with Crippen molar-refractivity contribution in [1.29, 1.82) is 0 Å². The van der Waals surface area contributed by atoms with E-state index in [9.17, 15) is 4.79 Å². The van der Waals surface area contributed by atoms with Gasteiger partial charge in [0.25, 0.3) is 0 Å². The number of esters is 1. The van der Waals surface area contributed by atoms with Gasteiger partial charge in [-0.3, -0.25) is 4.57 Å².